The Morgan fingerprint density at radius 3 is 2.63 bits per heavy atom. The summed E-state index contributed by atoms with van der Waals surface area (Å²) in [5, 5.41) is 0. The third-order valence-electron chi connectivity index (χ3n) is 3.94. The molecule has 0 aromatic heterocycles. The van der Waals surface area contributed by atoms with Crippen molar-refractivity contribution in [2.75, 3.05) is 6.54 Å². The van der Waals surface area contributed by atoms with E-state index in [4.69, 9.17) is 5.73 Å². The van der Waals surface area contributed by atoms with Crippen LogP contribution in [0, 0.1) is 12.8 Å². The van der Waals surface area contributed by atoms with Gasteiger partial charge in [-0.2, -0.15) is 0 Å². The lowest BCUT2D eigenvalue weighted by Gasteiger charge is -2.14. The van der Waals surface area contributed by atoms with E-state index in [1.807, 2.05) is 13.0 Å². The molecule has 0 saturated heterocycles. The second-order valence-corrected chi connectivity index (χ2v) is 6.98. The molecular formula is C14H22N2O2S. The number of sulfonamides is 1. The smallest absolute Gasteiger partial charge is 0.240 e. The van der Waals surface area contributed by atoms with Crippen LogP contribution >= 0.6 is 0 Å². The molecule has 106 valence electrons. The first-order valence-corrected chi connectivity index (χ1v) is 8.31. The van der Waals surface area contributed by atoms with Crippen LogP contribution in [0.3, 0.4) is 0 Å². The molecule has 0 spiro atoms. The summed E-state index contributed by atoms with van der Waals surface area (Å²) < 4.78 is 27.4. The summed E-state index contributed by atoms with van der Waals surface area (Å²) in [6.45, 7) is 2.72. The Bertz CT molecular complexity index is 534. The van der Waals surface area contributed by atoms with E-state index in [-0.39, 0.29) is 0 Å². The maximum absolute atomic E-state index is 12.3. The first kappa shape index (κ1) is 14.5. The molecule has 3 N–H and O–H groups in total. The van der Waals surface area contributed by atoms with Crippen LogP contribution in [0.1, 0.15) is 36.8 Å². The van der Waals surface area contributed by atoms with E-state index in [1.165, 1.54) is 12.8 Å². The first-order valence-electron chi connectivity index (χ1n) is 6.83. The molecule has 5 heteroatoms. The van der Waals surface area contributed by atoms with Crippen molar-refractivity contribution in [1.82, 2.24) is 4.72 Å². The molecule has 2 rings (SSSR count). The molecule has 1 aliphatic rings. The lowest BCUT2D eigenvalue weighted by molar-refractivity contribution is 0.519. The normalized spacial score (nSPS) is 16.9. The molecule has 1 saturated carbocycles. The summed E-state index contributed by atoms with van der Waals surface area (Å²) >= 11 is 0. The molecule has 0 aliphatic heterocycles. The number of rotatable bonds is 5. The van der Waals surface area contributed by atoms with Crippen LogP contribution in [0.5, 0.6) is 0 Å². The molecule has 0 unspecified atom stereocenters. The van der Waals surface area contributed by atoms with E-state index in [0.717, 1.165) is 24.0 Å². The number of benzene rings is 1. The van der Waals surface area contributed by atoms with Gasteiger partial charge in [0.2, 0.25) is 10.0 Å². The van der Waals surface area contributed by atoms with E-state index in [1.54, 1.807) is 12.1 Å². The Labute approximate surface area is 115 Å². The summed E-state index contributed by atoms with van der Waals surface area (Å²) in [4.78, 5) is 0.355. The Kier molecular flexibility index (Phi) is 4.60. The maximum atomic E-state index is 12.3. The van der Waals surface area contributed by atoms with Gasteiger partial charge >= 0.3 is 0 Å². The molecule has 0 heterocycles. The largest absolute Gasteiger partial charge is 0.326 e. The highest BCUT2D eigenvalue weighted by atomic mass is 32.2. The maximum Gasteiger partial charge on any atom is 0.240 e. The Balaban J connectivity index is 2.14. The van der Waals surface area contributed by atoms with Gasteiger partial charge in [-0.1, -0.05) is 25.0 Å². The van der Waals surface area contributed by atoms with Crippen molar-refractivity contribution in [1.29, 1.82) is 0 Å². The predicted molar refractivity (Wildman–Crippen MR) is 76.2 cm³/mol. The Morgan fingerprint density at radius 2 is 2.00 bits per heavy atom. The van der Waals surface area contributed by atoms with E-state index < -0.39 is 10.0 Å². The van der Waals surface area contributed by atoms with Crippen molar-refractivity contribution in [3.63, 3.8) is 0 Å². The fourth-order valence-electron chi connectivity index (χ4n) is 2.69. The van der Waals surface area contributed by atoms with Gasteiger partial charge in [0, 0.05) is 13.1 Å². The molecule has 1 aromatic carbocycles. The van der Waals surface area contributed by atoms with E-state index >= 15 is 0 Å². The fourth-order valence-corrected chi connectivity index (χ4v) is 4.09. The molecule has 0 atom stereocenters. The molecule has 1 aliphatic carbocycles. The Hall–Kier alpha value is -0.910. The molecule has 0 amide bonds. The zero-order valence-corrected chi connectivity index (χ0v) is 12.2. The molecule has 1 aromatic rings. The molecule has 0 radical (unpaired) electrons. The van der Waals surface area contributed by atoms with Crippen molar-refractivity contribution in [3.8, 4) is 0 Å². The second-order valence-electron chi connectivity index (χ2n) is 5.25. The number of nitrogens with two attached hydrogens (primary N) is 1. The molecule has 0 bridgehead atoms. The van der Waals surface area contributed by atoms with Gasteiger partial charge in [-0.25, -0.2) is 13.1 Å². The van der Waals surface area contributed by atoms with Crippen LogP contribution < -0.4 is 10.5 Å². The third kappa shape index (κ3) is 3.35. The highest BCUT2D eigenvalue weighted by Gasteiger charge is 2.21. The minimum Gasteiger partial charge on any atom is -0.326 e. The Morgan fingerprint density at radius 1 is 1.32 bits per heavy atom. The van der Waals surface area contributed by atoms with Gasteiger partial charge < -0.3 is 5.73 Å². The average molecular weight is 282 g/mol. The first-order chi connectivity index (χ1) is 9.04. The number of nitrogens with one attached hydrogen (secondary N) is 1. The molecular weight excluding hydrogens is 260 g/mol. The summed E-state index contributed by atoms with van der Waals surface area (Å²) in [7, 11) is -3.42. The van der Waals surface area contributed by atoms with Gasteiger partial charge in [0.25, 0.3) is 0 Å². The SMILES string of the molecule is Cc1c(CN)cccc1S(=O)(=O)NCC1CCCC1. The van der Waals surface area contributed by atoms with Gasteiger partial charge in [0.1, 0.15) is 0 Å². The zero-order chi connectivity index (χ0) is 13.9. The standard InChI is InChI=1S/C14H22N2O2S/c1-11-13(9-15)7-4-8-14(11)19(17,18)16-10-12-5-2-3-6-12/h4,7-8,12,16H,2-3,5-6,9-10,15H2,1H3. The van der Waals surface area contributed by atoms with Crippen LogP contribution in [0.4, 0.5) is 0 Å². The second kappa shape index (κ2) is 6.03. The lowest BCUT2D eigenvalue weighted by atomic mass is 10.1. The molecule has 19 heavy (non-hydrogen) atoms. The van der Waals surface area contributed by atoms with Gasteiger partial charge in [-0.15, -0.1) is 0 Å². The predicted octanol–water partition coefficient (Wildman–Crippen LogP) is 1.92. The van der Waals surface area contributed by atoms with Crippen LogP contribution in [0.2, 0.25) is 0 Å². The van der Waals surface area contributed by atoms with Crippen molar-refractivity contribution in [3.05, 3.63) is 29.3 Å². The van der Waals surface area contributed by atoms with Crippen molar-refractivity contribution < 1.29 is 8.42 Å². The summed E-state index contributed by atoms with van der Waals surface area (Å²) in [6, 6.07) is 5.26. The molecule has 4 nitrogen and oxygen atoms in total. The van der Waals surface area contributed by atoms with Crippen molar-refractivity contribution in [2.45, 2.75) is 44.0 Å². The van der Waals surface area contributed by atoms with Gasteiger partial charge in [0.15, 0.2) is 0 Å². The fraction of sp³-hybridized carbons (Fsp3) is 0.571. The van der Waals surface area contributed by atoms with Gasteiger partial charge in [0.05, 0.1) is 4.90 Å². The summed E-state index contributed by atoms with van der Waals surface area (Å²) in [5.41, 5.74) is 7.25. The average Bonchev–Trinajstić information content (AvgIpc) is 2.90. The minimum absolute atomic E-state index is 0.355. The number of hydrogen-bond acceptors (Lipinski definition) is 3. The monoisotopic (exact) mass is 282 g/mol. The van der Waals surface area contributed by atoms with Crippen LogP contribution in [0.15, 0.2) is 23.1 Å². The summed E-state index contributed by atoms with van der Waals surface area (Å²) in [5.74, 6) is 0.493. The third-order valence-corrected chi connectivity index (χ3v) is 5.51. The van der Waals surface area contributed by atoms with E-state index in [9.17, 15) is 8.42 Å². The quantitative estimate of drug-likeness (QED) is 0.866. The van der Waals surface area contributed by atoms with E-state index in [0.29, 0.717) is 23.9 Å². The van der Waals surface area contributed by atoms with Crippen LogP contribution in [-0.4, -0.2) is 15.0 Å². The van der Waals surface area contributed by atoms with Gasteiger partial charge in [-0.3, -0.25) is 0 Å². The molecule has 1 fully saturated rings. The topological polar surface area (TPSA) is 72.2 Å². The van der Waals surface area contributed by atoms with Gasteiger partial charge in [-0.05, 0) is 42.9 Å². The minimum atomic E-state index is -3.42. The van der Waals surface area contributed by atoms with Crippen LogP contribution in [-0.2, 0) is 16.6 Å². The van der Waals surface area contributed by atoms with Crippen LogP contribution in [0.25, 0.3) is 0 Å². The highest BCUT2D eigenvalue weighted by Crippen LogP contribution is 2.25. The summed E-state index contributed by atoms with van der Waals surface area (Å²) in [6.07, 6.45) is 4.69. The van der Waals surface area contributed by atoms with Crippen molar-refractivity contribution >= 4 is 10.0 Å². The number of hydrogen-bond donors (Lipinski definition) is 2. The van der Waals surface area contributed by atoms with E-state index in [2.05, 4.69) is 4.72 Å². The lowest BCUT2D eigenvalue weighted by Crippen LogP contribution is -2.29. The zero-order valence-electron chi connectivity index (χ0n) is 11.4. The van der Waals surface area contributed by atoms with Crippen molar-refractivity contribution in [2.24, 2.45) is 11.7 Å². The highest BCUT2D eigenvalue weighted by molar-refractivity contribution is 7.89.